The maximum atomic E-state index is 3.83. The molecule has 0 radical (unpaired) electrons. The summed E-state index contributed by atoms with van der Waals surface area (Å²) in [5.74, 6) is 0. The Bertz CT molecular complexity index is 472. The van der Waals surface area contributed by atoms with Crippen molar-refractivity contribution in [3.05, 3.63) is 42.0 Å². The third-order valence-electron chi connectivity index (χ3n) is 6.27. The van der Waals surface area contributed by atoms with Crippen LogP contribution in [0.4, 0.5) is 0 Å². The van der Waals surface area contributed by atoms with Crippen LogP contribution in [0.2, 0.25) is 0 Å². The molecule has 2 heteroatoms. The molecule has 168 valence electrons. The molecule has 0 aliphatic heterocycles. The fraction of sp³-hybridized carbons (Fsp3) is 0.704. The summed E-state index contributed by atoms with van der Waals surface area (Å²) in [5, 5.41) is 0. The van der Waals surface area contributed by atoms with Crippen molar-refractivity contribution in [2.75, 3.05) is 24.6 Å². The van der Waals surface area contributed by atoms with Crippen LogP contribution in [0, 0.1) is 0 Å². The van der Waals surface area contributed by atoms with Crippen LogP contribution in [-0.4, -0.2) is 24.6 Å². The number of hydrogen-bond acceptors (Lipinski definition) is 0. The molecule has 0 nitrogen and oxygen atoms in total. The van der Waals surface area contributed by atoms with Gasteiger partial charge in [0.15, 0.2) is 0 Å². The second-order valence-electron chi connectivity index (χ2n) is 8.76. The first kappa shape index (κ1) is 28.7. The quantitative estimate of drug-likeness (QED) is 0.188. The van der Waals surface area contributed by atoms with Gasteiger partial charge in [0.25, 0.3) is 0 Å². The van der Waals surface area contributed by atoms with Crippen molar-refractivity contribution < 1.29 is 12.4 Å². The first-order valence-corrected chi connectivity index (χ1v) is 14.8. The van der Waals surface area contributed by atoms with Crippen LogP contribution in [0.3, 0.4) is 0 Å². The number of unbranched alkanes of at least 4 members (excludes halogenated alkanes) is 7. The van der Waals surface area contributed by atoms with E-state index in [4.69, 9.17) is 0 Å². The third kappa shape index (κ3) is 12.9. The van der Waals surface area contributed by atoms with Gasteiger partial charge in [-0.05, 0) is 56.1 Å². The van der Waals surface area contributed by atoms with Crippen molar-refractivity contribution in [3.8, 4) is 0 Å². The number of rotatable bonds is 18. The van der Waals surface area contributed by atoms with Gasteiger partial charge >= 0.3 is 0 Å². The van der Waals surface area contributed by atoms with E-state index in [1.54, 1.807) is 24.6 Å². The summed E-state index contributed by atoms with van der Waals surface area (Å²) in [5.41, 5.74) is 2.71. The molecule has 0 saturated heterocycles. The Morgan fingerprint density at radius 2 is 1.10 bits per heavy atom. The number of aryl methyl sites for hydroxylation is 1. The van der Waals surface area contributed by atoms with Gasteiger partial charge in [-0.15, -0.1) is 0 Å². The van der Waals surface area contributed by atoms with Crippen molar-refractivity contribution in [3.63, 3.8) is 0 Å². The minimum atomic E-state index is -0.665. The summed E-state index contributed by atoms with van der Waals surface area (Å²) < 4.78 is 0. The van der Waals surface area contributed by atoms with Gasteiger partial charge in [-0.3, -0.25) is 0 Å². The van der Waals surface area contributed by atoms with Crippen LogP contribution in [0.15, 0.2) is 30.8 Å². The number of benzene rings is 1. The largest absolute Gasteiger partial charge is 1.00 e. The smallest absolute Gasteiger partial charge is 0.0594 e. The Morgan fingerprint density at radius 3 is 1.59 bits per heavy atom. The highest BCUT2D eigenvalue weighted by atomic mass is 35.5. The Balaban J connectivity index is 0.00000784. The van der Waals surface area contributed by atoms with Crippen molar-refractivity contribution in [1.29, 1.82) is 0 Å². The minimum Gasteiger partial charge on any atom is -1.00 e. The molecule has 0 atom stereocenters. The van der Waals surface area contributed by atoms with Gasteiger partial charge in [0, 0.05) is 7.26 Å². The molecule has 1 aromatic rings. The zero-order valence-electron chi connectivity index (χ0n) is 19.7. The molecule has 0 N–H and O–H groups in total. The minimum absolute atomic E-state index is 0. The van der Waals surface area contributed by atoms with E-state index in [0.717, 1.165) is 0 Å². The van der Waals surface area contributed by atoms with E-state index >= 15 is 0 Å². The van der Waals surface area contributed by atoms with Crippen molar-refractivity contribution in [2.45, 2.75) is 97.8 Å². The lowest BCUT2D eigenvalue weighted by Crippen LogP contribution is -3.00. The van der Waals surface area contributed by atoms with E-state index in [1.807, 2.05) is 6.08 Å². The maximum absolute atomic E-state index is 3.83. The lowest BCUT2D eigenvalue weighted by Gasteiger charge is -2.28. The zero-order valence-corrected chi connectivity index (χ0v) is 21.4. The summed E-state index contributed by atoms with van der Waals surface area (Å²) >= 11 is 0. The van der Waals surface area contributed by atoms with Gasteiger partial charge in [0.1, 0.15) is 0 Å². The number of halogens is 1. The average molecular weight is 439 g/mol. The predicted molar refractivity (Wildman–Crippen MR) is 134 cm³/mol. The van der Waals surface area contributed by atoms with Crippen LogP contribution in [-0.2, 0) is 6.42 Å². The van der Waals surface area contributed by atoms with Gasteiger partial charge in [0.05, 0.1) is 24.6 Å². The summed E-state index contributed by atoms with van der Waals surface area (Å²) in [6, 6.07) is 8.92. The SMILES string of the molecule is C=Cc1ccc(CCCCCCC[P+](CCCC)(CCCC)CCCC)cc1.[Cl-]. The third-order valence-corrected chi connectivity index (χ3v) is 11.3. The molecule has 0 amide bonds. The predicted octanol–water partition coefficient (Wildman–Crippen LogP) is 6.24. The van der Waals surface area contributed by atoms with Crippen LogP contribution >= 0.6 is 7.26 Å². The Hall–Kier alpha value is -0.320. The van der Waals surface area contributed by atoms with Gasteiger partial charge in [-0.25, -0.2) is 0 Å². The molecule has 0 fully saturated rings. The van der Waals surface area contributed by atoms with Gasteiger partial charge in [0.2, 0.25) is 0 Å². The van der Waals surface area contributed by atoms with E-state index < -0.39 is 7.26 Å². The molecule has 29 heavy (non-hydrogen) atoms. The molecule has 0 aromatic heterocycles. The highest BCUT2D eigenvalue weighted by Gasteiger charge is 2.34. The number of hydrogen-bond donors (Lipinski definition) is 0. The van der Waals surface area contributed by atoms with E-state index in [-0.39, 0.29) is 12.4 Å². The monoisotopic (exact) mass is 438 g/mol. The molecule has 0 spiro atoms. The van der Waals surface area contributed by atoms with Gasteiger partial charge in [-0.2, -0.15) is 0 Å². The maximum Gasteiger partial charge on any atom is 0.0594 e. The molecule has 0 saturated carbocycles. The second-order valence-corrected chi connectivity index (χ2v) is 13.2. The molecule has 0 bridgehead atoms. The van der Waals surface area contributed by atoms with Crippen molar-refractivity contribution >= 4 is 13.3 Å². The first-order chi connectivity index (χ1) is 13.7. The lowest BCUT2D eigenvalue weighted by molar-refractivity contribution is -0.00000616. The van der Waals surface area contributed by atoms with Crippen LogP contribution in [0.25, 0.3) is 6.08 Å². The fourth-order valence-corrected chi connectivity index (χ4v) is 9.48. The average Bonchev–Trinajstić information content (AvgIpc) is 2.74. The molecule has 0 aliphatic rings. The molecule has 1 rings (SSSR count). The van der Waals surface area contributed by atoms with Crippen molar-refractivity contribution in [2.24, 2.45) is 0 Å². The van der Waals surface area contributed by atoms with Crippen LogP contribution < -0.4 is 12.4 Å². The molecule has 1 aromatic carbocycles. The van der Waals surface area contributed by atoms with Gasteiger partial charge < -0.3 is 12.4 Å². The Morgan fingerprint density at radius 1 is 0.655 bits per heavy atom. The van der Waals surface area contributed by atoms with E-state index in [0.29, 0.717) is 0 Å². The van der Waals surface area contributed by atoms with E-state index in [9.17, 15) is 0 Å². The summed E-state index contributed by atoms with van der Waals surface area (Å²) in [6.07, 6.45) is 25.2. The zero-order chi connectivity index (χ0) is 20.5. The molecule has 0 unspecified atom stereocenters. The topological polar surface area (TPSA) is 0 Å². The Kier molecular flexibility index (Phi) is 18.2. The highest BCUT2D eigenvalue weighted by Crippen LogP contribution is 2.61. The molecular formula is C27H48ClP. The molecule has 0 heterocycles. The van der Waals surface area contributed by atoms with Crippen LogP contribution in [0.5, 0.6) is 0 Å². The summed E-state index contributed by atoms with van der Waals surface area (Å²) in [4.78, 5) is 0. The molecule has 0 aliphatic carbocycles. The normalized spacial score (nSPS) is 11.3. The van der Waals surface area contributed by atoms with E-state index in [1.165, 1.54) is 88.2 Å². The summed E-state index contributed by atoms with van der Waals surface area (Å²) in [7, 11) is -0.665. The van der Waals surface area contributed by atoms with Gasteiger partial charge in [-0.1, -0.05) is 89.8 Å². The van der Waals surface area contributed by atoms with Crippen molar-refractivity contribution in [1.82, 2.24) is 0 Å². The van der Waals surface area contributed by atoms with Crippen LogP contribution in [0.1, 0.15) is 103 Å². The fourth-order valence-electron chi connectivity index (χ4n) is 4.28. The Labute approximate surface area is 190 Å². The standard InChI is InChI=1S/C27H48P.ClH/c1-5-9-22-28(23-10-6-2,24-11-7-3)25-16-14-12-13-15-17-27-20-18-26(8-4)19-21-27;/h8,18-21H,4-7,9-17,22-25H2,1-3H3;1H/q+1;/p-1. The molecular weight excluding hydrogens is 391 g/mol. The van der Waals surface area contributed by atoms with E-state index in [2.05, 4.69) is 51.6 Å². The summed E-state index contributed by atoms with van der Waals surface area (Å²) in [6.45, 7) is 11.0. The lowest BCUT2D eigenvalue weighted by atomic mass is 10.0. The first-order valence-electron chi connectivity index (χ1n) is 12.3. The highest BCUT2D eigenvalue weighted by molar-refractivity contribution is 7.75. The second kappa shape index (κ2) is 18.4.